The third-order valence-electron chi connectivity index (χ3n) is 3.61. The van der Waals surface area contributed by atoms with Crippen LogP contribution in [0.25, 0.3) is 11.0 Å². The molecule has 1 heterocycles. The molecule has 0 spiro atoms. The van der Waals surface area contributed by atoms with Crippen LogP contribution in [0.2, 0.25) is 0 Å². The van der Waals surface area contributed by atoms with Crippen molar-refractivity contribution in [1.82, 2.24) is 0 Å². The van der Waals surface area contributed by atoms with E-state index in [2.05, 4.69) is 31.9 Å². The van der Waals surface area contributed by atoms with Gasteiger partial charge in [-0.2, -0.15) is 0 Å². The number of carbonyl (C=O) groups excluding carboxylic acids is 1. The number of hydrogen-bond acceptors (Lipinski definition) is 3. The fourth-order valence-corrected chi connectivity index (χ4v) is 3.68. The first kappa shape index (κ1) is 17.2. The number of carbonyl (C=O) groups is 1. The lowest BCUT2D eigenvalue weighted by Crippen LogP contribution is -2.06. The van der Waals surface area contributed by atoms with Crippen molar-refractivity contribution in [3.05, 3.63) is 56.2 Å². The maximum Gasteiger partial charge on any atom is 0.197 e. The summed E-state index contributed by atoms with van der Waals surface area (Å²) in [4.78, 5) is 13.0. The van der Waals surface area contributed by atoms with Crippen molar-refractivity contribution in [3.8, 4) is 5.75 Å². The third kappa shape index (κ3) is 2.91. The monoisotopic (exact) mass is 450 g/mol. The molecular formula is C17H10BBr2FO3. The van der Waals surface area contributed by atoms with Gasteiger partial charge in [-0.1, -0.05) is 17.6 Å². The highest BCUT2D eigenvalue weighted by Crippen LogP contribution is 2.37. The van der Waals surface area contributed by atoms with Crippen LogP contribution in [0.1, 0.15) is 34.8 Å². The molecule has 1 aromatic heterocycles. The molecule has 0 aliphatic heterocycles. The topological polar surface area (TPSA) is 50.4 Å². The zero-order valence-electron chi connectivity index (χ0n) is 12.4. The number of furan rings is 1. The number of ketones is 1. The summed E-state index contributed by atoms with van der Waals surface area (Å²) in [7, 11) is 5.79. The van der Waals surface area contributed by atoms with Crippen LogP contribution in [0, 0.1) is 0 Å². The number of rotatable bonds is 3. The summed E-state index contributed by atoms with van der Waals surface area (Å²) in [5, 5.41) is 10.3. The molecule has 2 aromatic carbocycles. The molecule has 0 aliphatic carbocycles. The maximum absolute atomic E-state index is 14.0. The average molecular weight is 452 g/mol. The number of benzene rings is 2. The number of alkyl halides is 1. The van der Waals surface area contributed by atoms with E-state index in [0.29, 0.717) is 25.4 Å². The van der Waals surface area contributed by atoms with Gasteiger partial charge in [-0.05, 0) is 57.0 Å². The Morgan fingerprint density at radius 3 is 2.46 bits per heavy atom. The highest BCUT2D eigenvalue weighted by atomic mass is 79.9. The first-order valence-electron chi connectivity index (χ1n) is 6.98. The molecule has 24 heavy (non-hydrogen) atoms. The highest BCUT2D eigenvalue weighted by Gasteiger charge is 2.26. The summed E-state index contributed by atoms with van der Waals surface area (Å²) in [5.74, 6) is -0.479. The summed E-state index contributed by atoms with van der Waals surface area (Å²) < 4.78 is 20.2. The third-order valence-corrected chi connectivity index (χ3v) is 4.82. The molecule has 1 unspecified atom stereocenters. The normalized spacial score (nSPS) is 12.5. The fourth-order valence-electron chi connectivity index (χ4n) is 2.49. The molecule has 3 rings (SSSR count). The molecule has 1 N–H and O–H groups in total. The standard InChI is InChI=1S/C17H10BBr2FO3/c1-7(21)17-14(10-6-9(18)2-3-13(10)24-17)15(22)8-4-11(19)16(23)12(20)5-8/h2-7,23H,1H3. The summed E-state index contributed by atoms with van der Waals surface area (Å²) in [6.07, 6.45) is -1.46. The summed E-state index contributed by atoms with van der Waals surface area (Å²) >= 11 is 6.38. The molecule has 3 aromatic rings. The van der Waals surface area contributed by atoms with Gasteiger partial charge in [0.1, 0.15) is 24.9 Å². The maximum atomic E-state index is 14.0. The minimum absolute atomic E-state index is 0.0214. The van der Waals surface area contributed by atoms with E-state index in [0.717, 1.165) is 0 Å². The second kappa shape index (κ2) is 6.37. The van der Waals surface area contributed by atoms with E-state index in [9.17, 15) is 14.3 Å². The van der Waals surface area contributed by atoms with Crippen molar-refractivity contribution in [3.63, 3.8) is 0 Å². The largest absolute Gasteiger partial charge is 0.506 e. The Kier molecular flexibility index (Phi) is 4.57. The van der Waals surface area contributed by atoms with E-state index in [1.165, 1.54) is 19.1 Å². The van der Waals surface area contributed by atoms with Gasteiger partial charge in [0.2, 0.25) is 0 Å². The van der Waals surface area contributed by atoms with Gasteiger partial charge in [0.25, 0.3) is 0 Å². The zero-order chi connectivity index (χ0) is 17.6. The van der Waals surface area contributed by atoms with Gasteiger partial charge in [0.15, 0.2) is 12.0 Å². The van der Waals surface area contributed by atoms with Crippen LogP contribution in [-0.2, 0) is 0 Å². The molecule has 2 radical (unpaired) electrons. The first-order chi connectivity index (χ1) is 11.3. The minimum atomic E-state index is -1.46. The van der Waals surface area contributed by atoms with Crippen LogP contribution in [0.15, 0.2) is 43.7 Å². The number of halogens is 3. The van der Waals surface area contributed by atoms with E-state index >= 15 is 0 Å². The molecule has 0 aliphatic rings. The molecule has 3 nitrogen and oxygen atoms in total. The van der Waals surface area contributed by atoms with Crippen molar-refractivity contribution in [2.24, 2.45) is 0 Å². The molecule has 120 valence electrons. The van der Waals surface area contributed by atoms with E-state index in [1.54, 1.807) is 18.2 Å². The Labute approximate surface area is 155 Å². The van der Waals surface area contributed by atoms with Crippen molar-refractivity contribution in [2.45, 2.75) is 13.1 Å². The minimum Gasteiger partial charge on any atom is -0.506 e. The number of fused-ring (bicyclic) bond motifs is 1. The Morgan fingerprint density at radius 1 is 1.25 bits per heavy atom. The Balaban J connectivity index is 2.26. The second-order valence-corrected chi connectivity index (χ2v) is 7.04. The smallest absolute Gasteiger partial charge is 0.197 e. The molecule has 0 bridgehead atoms. The van der Waals surface area contributed by atoms with E-state index in [1.807, 2.05) is 0 Å². The number of hydrogen-bond donors (Lipinski definition) is 1. The predicted molar refractivity (Wildman–Crippen MR) is 98.1 cm³/mol. The molecule has 0 saturated carbocycles. The van der Waals surface area contributed by atoms with Crippen LogP contribution in [0.5, 0.6) is 5.75 Å². The zero-order valence-corrected chi connectivity index (χ0v) is 15.6. The average Bonchev–Trinajstić information content (AvgIpc) is 2.90. The number of phenolic OH excluding ortho intramolecular Hbond substituents is 1. The van der Waals surface area contributed by atoms with Crippen LogP contribution in [0.3, 0.4) is 0 Å². The lowest BCUT2D eigenvalue weighted by Gasteiger charge is -2.07. The van der Waals surface area contributed by atoms with Crippen molar-refractivity contribution in [1.29, 1.82) is 0 Å². The van der Waals surface area contributed by atoms with Gasteiger partial charge in [0.05, 0.1) is 14.5 Å². The second-order valence-electron chi connectivity index (χ2n) is 5.33. The van der Waals surface area contributed by atoms with Crippen molar-refractivity contribution in [2.75, 3.05) is 0 Å². The summed E-state index contributed by atoms with van der Waals surface area (Å²) in [6.45, 7) is 1.31. The molecular weight excluding hydrogens is 442 g/mol. The van der Waals surface area contributed by atoms with Crippen LogP contribution in [0.4, 0.5) is 4.39 Å². The van der Waals surface area contributed by atoms with Gasteiger partial charge in [-0.3, -0.25) is 4.79 Å². The molecule has 7 heteroatoms. The van der Waals surface area contributed by atoms with Crippen molar-refractivity contribution >= 4 is 61.9 Å². The lowest BCUT2D eigenvalue weighted by atomic mass is 9.92. The number of aromatic hydroxyl groups is 1. The quantitative estimate of drug-likeness (QED) is 0.463. The van der Waals surface area contributed by atoms with Gasteiger partial charge in [0, 0.05) is 10.9 Å². The Bertz CT molecular complexity index is 943. The highest BCUT2D eigenvalue weighted by molar-refractivity contribution is 9.11. The summed E-state index contributed by atoms with van der Waals surface area (Å²) in [6, 6.07) is 7.76. The van der Waals surface area contributed by atoms with Crippen molar-refractivity contribution < 1.29 is 18.7 Å². The van der Waals surface area contributed by atoms with Gasteiger partial charge in [-0.25, -0.2) is 4.39 Å². The Morgan fingerprint density at radius 2 is 1.88 bits per heavy atom. The SMILES string of the molecule is [B]c1ccc2oc(C(C)F)c(C(=O)c3cc(Br)c(O)c(Br)c3)c2c1. The number of phenols is 1. The first-order valence-corrected chi connectivity index (χ1v) is 8.57. The van der Waals surface area contributed by atoms with Gasteiger partial charge in [-0.15, -0.1) is 0 Å². The van der Waals surface area contributed by atoms with Crippen LogP contribution >= 0.6 is 31.9 Å². The Hall–Kier alpha value is -1.60. The van der Waals surface area contributed by atoms with Crippen LogP contribution in [-0.4, -0.2) is 18.7 Å². The fraction of sp³-hybridized carbons (Fsp3) is 0.118. The van der Waals surface area contributed by atoms with Gasteiger partial charge < -0.3 is 9.52 Å². The lowest BCUT2D eigenvalue weighted by molar-refractivity contribution is 0.103. The van der Waals surface area contributed by atoms with Gasteiger partial charge >= 0.3 is 0 Å². The van der Waals surface area contributed by atoms with Crippen LogP contribution < -0.4 is 5.46 Å². The molecule has 0 fully saturated rings. The van der Waals surface area contributed by atoms with E-state index in [4.69, 9.17) is 12.3 Å². The van der Waals surface area contributed by atoms with E-state index < -0.39 is 12.0 Å². The van der Waals surface area contributed by atoms with E-state index in [-0.39, 0.29) is 22.6 Å². The summed E-state index contributed by atoms with van der Waals surface area (Å²) in [5.41, 5.74) is 1.25. The molecule has 0 saturated heterocycles. The predicted octanol–water partition coefficient (Wildman–Crippen LogP) is 4.72. The molecule has 0 amide bonds. The molecule has 1 atom stereocenters.